The van der Waals surface area contributed by atoms with Gasteiger partial charge in [0.1, 0.15) is 0 Å². The predicted molar refractivity (Wildman–Crippen MR) is 58.9 cm³/mol. The molecule has 0 aliphatic heterocycles. The van der Waals surface area contributed by atoms with Crippen molar-refractivity contribution in [1.82, 2.24) is 4.98 Å². The molecule has 0 aromatic carbocycles. The number of thiazole rings is 1. The number of alkyl halides is 3. The van der Waals surface area contributed by atoms with Crippen LogP contribution in [-0.2, 0) is 6.18 Å². The van der Waals surface area contributed by atoms with Crippen molar-refractivity contribution in [2.45, 2.75) is 38.4 Å². The van der Waals surface area contributed by atoms with E-state index in [0.717, 1.165) is 6.20 Å². The Morgan fingerprint density at radius 3 is 2.53 bits per heavy atom. The standard InChI is InChI=1S/C10H13F3N2OS/c1-3-4-9(2,14)7(16)6-5-15-8(17-6)10(11,12)13/h5H,3-4,14H2,1-2H3. The molecular weight excluding hydrogens is 253 g/mol. The molecule has 3 nitrogen and oxygen atoms in total. The van der Waals surface area contributed by atoms with E-state index in [1.54, 1.807) is 0 Å². The maximum absolute atomic E-state index is 12.3. The number of nitrogens with two attached hydrogens (primary N) is 1. The molecule has 0 radical (unpaired) electrons. The number of aromatic nitrogens is 1. The lowest BCUT2D eigenvalue weighted by Gasteiger charge is -2.20. The van der Waals surface area contributed by atoms with E-state index in [-0.39, 0.29) is 4.88 Å². The highest BCUT2D eigenvalue weighted by molar-refractivity contribution is 7.13. The summed E-state index contributed by atoms with van der Waals surface area (Å²) in [5.74, 6) is -0.493. The van der Waals surface area contributed by atoms with E-state index in [1.807, 2.05) is 6.92 Å². The number of hydrogen-bond donors (Lipinski definition) is 1. The normalized spacial score (nSPS) is 15.6. The molecule has 7 heteroatoms. The molecular formula is C10H13F3N2OS. The van der Waals surface area contributed by atoms with Crippen LogP contribution in [0.4, 0.5) is 13.2 Å². The maximum atomic E-state index is 12.3. The van der Waals surface area contributed by atoms with Crippen LogP contribution in [0, 0.1) is 0 Å². The third-order valence-corrected chi connectivity index (χ3v) is 3.30. The number of carbonyl (C=O) groups is 1. The minimum atomic E-state index is -4.51. The third kappa shape index (κ3) is 3.26. The monoisotopic (exact) mass is 266 g/mol. The largest absolute Gasteiger partial charge is 0.443 e. The zero-order valence-corrected chi connectivity index (χ0v) is 10.3. The molecule has 1 aromatic heterocycles. The first-order chi connectivity index (χ1) is 7.68. The van der Waals surface area contributed by atoms with E-state index in [2.05, 4.69) is 4.98 Å². The predicted octanol–water partition coefficient (Wildman–Crippen LogP) is 2.86. The lowest BCUT2D eigenvalue weighted by molar-refractivity contribution is -0.137. The van der Waals surface area contributed by atoms with E-state index in [1.165, 1.54) is 6.92 Å². The number of halogens is 3. The Labute approximate surface area is 101 Å². The van der Waals surface area contributed by atoms with Crippen molar-refractivity contribution in [2.24, 2.45) is 5.73 Å². The van der Waals surface area contributed by atoms with Gasteiger partial charge in [0.05, 0.1) is 10.4 Å². The highest BCUT2D eigenvalue weighted by atomic mass is 32.1. The van der Waals surface area contributed by atoms with E-state index in [9.17, 15) is 18.0 Å². The van der Waals surface area contributed by atoms with Gasteiger partial charge in [-0.25, -0.2) is 4.98 Å². The van der Waals surface area contributed by atoms with Gasteiger partial charge in [-0.2, -0.15) is 13.2 Å². The molecule has 0 saturated carbocycles. The summed E-state index contributed by atoms with van der Waals surface area (Å²) in [4.78, 5) is 15.0. The van der Waals surface area contributed by atoms with Gasteiger partial charge < -0.3 is 5.73 Å². The van der Waals surface area contributed by atoms with Gasteiger partial charge in [-0.1, -0.05) is 13.3 Å². The van der Waals surface area contributed by atoms with Gasteiger partial charge in [-0.3, -0.25) is 4.79 Å². The van der Waals surface area contributed by atoms with Crippen LogP contribution in [0.25, 0.3) is 0 Å². The highest BCUT2D eigenvalue weighted by Crippen LogP contribution is 2.33. The molecule has 1 atom stereocenters. The third-order valence-electron chi connectivity index (χ3n) is 2.26. The van der Waals surface area contributed by atoms with Crippen molar-refractivity contribution in [1.29, 1.82) is 0 Å². The van der Waals surface area contributed by atoms with Gasteiger partial charge in [0, 0.05) is 6.20 Å². The summed E-state index contributed by atoms with van der Waals surface area (Å²) in [5.41, 5.74) is 4.63. The fraction of sp³-hybridized carbons (Fsp3) is 0.600. The average molecular weight is 266 g/mol. The Bertz CT molecular complexity index is 412. The Hall–Kier alpha value is -0.950. The van der Waals surface area contributed by atoms with Crippen LogP contribution in [0.3, 0.4) is 0 Å². The molecule has 0 bridgehead atoms. The first-order valence-electron chi connectivity index (χ1n) is 5.05. The Morgan fingerprint density at radius 1 is 1.53 bits per heavy atom. The van der Waals surface area contributed by atoms with Crippen LogP contribution < -0.4 is 5.73 Å². The molecule has 0 aliphatic carbocycles. The number of rotatable bonds is 4. The SMILES string of the molecule is CCCC(C)(N)C(=O)c1cnc(C(F)(F)F)s1. The molecule has 0 fully saturated rings. The van der Waals surface area contributed by atoms with E-state index >= 15 is 0 Å². The second-order valence-electron chi connectivity index (χ2n) is 4.02. The van der Waals surface area contributed by atoms with Gasteiger partial charge in [-0.05, 0) is 13.3 Å². The summed E-state index contributed by atoms with van der Waals surface area (Å²) in [6.45, 7) is 3.37. The Morgan fingerprint density at radius 2 is 2.12 bits per heavy atom. The van der Waals surface area contributed by atoms with Crippen molar-refractivity contribution in [3.8, 4) is 0 Å². The summed E-state index contributed by atoms with van der Waals surface area (Å²) in [5, 5.41) is -1.02. The molecule has 0 aliphatic rings. The van der Waals surface area contributed by atoms with Crippen molar-refractivity contribution in [3.63, 3.8) is 0 Å². The van der Waals surface area contributed by atoms with Crippen molar-refractivity contribution in [2.75, 3.05) is 0 Å². The van der Waals surface area contributed by atoms with Crippen LogP contribution in [0.15, 0.2) is 6.20 Å². The fourth-order valence-corrected chi connectivity index (χ4v) is 2.29. The molecule has 1 rings (SSSR count). The van der Waals surface area contributed by atoms with Gasteiger partial charge in [-0.15, -0.1) is 11.3 Å². The van der Waals surface area contributed by atoms with Crippen LogP contribution in [0.1, 0.15) is 41.4 Å². The second-order valence-corrected chi connectivity index (χ2v) is 5.05. The molecule has 1 aromatic rings. The minimum Gasteiger partial charge on any atom is -0.319 e. The number of nitrogens with zero attached hydrogens (tertiary/aromatic N) is 1. The summed E-state index contributed by atoms with van der Waals surface area (Å²) < 4.78 is 36.9. The van der Waals surface area contributed by atoms with E-state index in [4.69, 9.17) is 5.73 Å². The fourth-order valence-electron chi connectivity index (χ4n) is 1.42. The van der Waals surface area contributed by atoms with Crippen LogP contribution >= 0.6 is 11.3 Å². The molecule has 0 amide bonds. The van der Waals surface area contributed by atoms with Crippen molar-refractivity contribution < 1.29 is 18.0 Å². The van der Waals surface area contributed by atoms with Gasteiger partial charge >= 0.3 is 6.18 Å². The maximum Gasteiger partial charge on any atom is 0.443 e. The Kier molecular flexibility index (Phi) is 3.93. The van der Waals surface area contributed by atoms with Crippen molar-refractivity contribution >= 4 is 17.1 Å². The molecule has 0 saturated heterocycles. The van der Waals surface area contributed by atoms with Crippen molar-refractivity contribution in [3.05, 3.63) is 16.1 Å². The Balaban J connectivity index is 2.95. The molecule has 1 unspecified atom stereocenters. The smallest absolute Gasteiger partial charge is 0.319 e. The van der Waals surface area contributed by atoms with E-state index in [0.29, 0.717) is 24.2 Å². The number of hydrogen-bond acceptors (Lipinski definition) is 4. The molecule has 17 heavy (non-hydrogen) atoms. The van der Waals surface area contributed by atoms with Crippen LogP contribution in [0.5, 0.6) is 0 Å². The summed E-state index contributed by atoms with van der Waals surface area (Å²) in [7, 11) is 0. The summed E-state index contributed by atoms with van der Waals surface area (Å²) >= 11 is 0.335. The van der Waals surface area contributed by atoms with Crippen LogP contribution in [-0.4, -0.2) is 16.3 Å². The zero-order chi connectivity index (χ0) is 13.3. The zero-order valence-electron chi connectivity index (χ0n) is 9.47. The number of ketones is 1. The molecule has 2 N–H and O–H groups in total. The minimum absolute atomic E-state index is 0.0456. The molecule has 96 valence electrons. The highest BCUT2D eigenvalue weighted by Gasteiger charge is 2.37. The van der Waals surface area contributed by atoms with Gasteiger partial charge in [0.2, 0.25) is 0 Å². The molecule has 1 heterocycles. The summed E-state index contributed by atoms with van der Waals surface area (Å²) in [6.07, 6.45) is -2.47. The van der Waals surface area contributed by atoms with Gasteiger partial charge in [0.25, 0.3) is 0 Å². The quantitative estimate of drug-likeness (QED) is 0.852. The first kappa shape index (κ1) is 14.1. The molecule has 0 spiro atoms. The number of Topliss-reactive ketones (excluding diaryl/α,β-unsaturated/α-hetero) is 1. The topological polar surface area (TPSA) is 56.0 Å². The lowest BCUT2D eigenvalue weighted by Crippen LogP contribution is -2.44. The second kappa shape index (κ2) is 4.73. The summed E-state index contributed by atoms with van der Waals surface area (Å²) in [6, 6.07) is 0. The lowest BCUT2D eigenvalue weighted by atomic mass is 9.92. The van der Waals surface area contributed by atoms with Crippen LogP contribution in [0.2, 0.25) is 0 Å². The number of carbonyl (C=O) groups excluding carboxylic acids is 1. The first-order valence-corrected chi connectivity index (χ1v) is 5.87. The van der Waals surface area contributed by atoms with E-state index < -0.39 is 22.5 Å². The van der Waals surface area contributed by atoms with Gasteiger partial charge in [0.15, 0.2) is 10.8 Å². The average Bonchev–Trinajstić information content (AvgIpc) is 2.64.